The summed E-state index contributed by atoms with van der Waals surface area (Å²) in [7, 11) is 1.90. The third-order valence-electron chi connectivity index (χ3n) is 3.43. The molecule has 1 aromatic carbocycles. The van der Waals surface area contributed by atoms with Gasteiger partial charge in [-0.2, -0.15) is 0 Å². The van der Waals surface area contributed by atoms with E-state index in [9.17, 15) is 0 Å². The predicted octanol–water partition coefficient (Wildman–Crippen LogP) is 2.47. The van der Waals surface area contributed by atoms with E-state index in [1.807, 2.05) is 19.3 Å². The molecule has 0 spiro atoms. The Labute approximate surface area is 101 Å². The summed E-state index contributed by atoms with van der Waals surface area (Å²) in [6, 6.07) is 10.6. The first-order chi connectivity index (χ1) is 8.35. The van der Waals surface area contributed by atoms with E-state index in [4.69, 9.17) is 4.42 Å². The molecule has 0 bridgehead atoms. The second-order valence-electron chi connectivity index (χ2n) is 4.60. The van der Waals surface area contributed by atoms with E-state index in [0.29, 0.717) is 6.54 Å². The predicted molar refractivity (Wildman–Crippen MR) is 65.7 cm³/mol. The molecule has 17 heavy (non-hydrogen) atoms. The van der Waals surface area contributed by atoms with Crippen LogP contribution in [-0.4, -0.2) is 12.0 Å². The highest BCUT2D eigenvalue weighted by atomic mass is 16.4. The molecule has 2 aromatic rings. The molecule has 1 fully saturated rings. The number of nitrogens with one attached hydrogen (secondary N) is 1. The van der Waals surface area contributed by atoms with Gasteiger partial charge in [0.15, 0.2) is 0 Å². The van der Waals surface area contributed by atoms with Crippen LogP contribution in [0.15, 0.2) is 40.9 Å². The lowest BCUT2D eigenvalue weighted by Gasteiger charge is -2.11. The SMILES string of the molecule is CNCc1ncc(C2(c3ccccc3)CC2)o1. The molecule has 3 rings (SSSR count). The van der Waals surface area contributed by atoms with Gasteiger partial charge >= 0.3 is 0 Å². The van der Waals surface area contributed by atoms with E-state index in [0.717, 1.165) is 24.5 Å². The van der Waals surface area contributed by atoms with Crippen LogP contribution in [0.2, 0.25) is 0 Å². The normalized spacial score (nSPS) is 17.0. The van der Waals surface area contributed by atoms with Crippen molar-refractivity contribution in [1.29, 1.82) is 0 Å². The highest BCUT2D eigenvalue weighted by Gasteiger charge is 2.48. The van der Waals surface area contributed by atoms with Gasteiger partial charge in [0.05, 0.1) is 18.2 Å². The zero-order valence-corrected chi connectivity index (χ0v) is 9.94. The Kier molecular flexibility index (Phi) is 2.48. The van der Waals surface area contributed by atoms with Gasteiger partial charge in [-0.15, -0.1) is 0 Å². The maximum Gasteiger partial charge on any atom is 0.208 e. The van der Waals surface area contributed by atoms with E-state index >= 15 is 0 Å². The van der Waals surface area contributed by atoms with Gasteiger partial charge in [0.1, 0.15) is 5.76 Å². The van der Waals surface area contributed by atoms with Crippen LogP contribution in [0, 0.1) is 0 Å². The number of rotatable bonds is 4. The molecule has 3 nitrogen and oxygen atoms in total. The minimum absolute atomic E-state index is 0.0975. The van der Waals surface area contributed by atoms with Gasteiger partial charge in [-0.25, -0.2) is 4.98 Å². The standard InChI is InChI=1S/C14H16N2O/c1-15-10-13-16-9-12(17-13)14(7-8-14)11-5-3-2-4-6-11/h2-6,9,15H,7-8,10H2,1H3. The maximum atomic E-state index is 5.83. The molecule has 1 aliphatic carbocycles. The highest BCUT2D eigenvalue weighted by Crippen LogP contribution is 2.53. The van der Waals surface area contributed by atoms with E-state index < -0.39 is 0 Å². The first-order valence-electron chi connectivity index (χ1n) is 6.00. The molecular formula is C14H16N2O. The van der Waals surface area contributed by atoms with Crippen molar-refractivity contribution in [2.75, 3.05) is 7.05 Å². The number of oxazole rings is 1. The molecule has 0 amide bonds. The molecule has 0 atom stereocenters. The molecule has 0 saturated heterocycles. The molecule has 1 aromatic heterocycles. The third-order valence-corrected chi connectivity index (χ3v) is 3.43. The fourth-order valence-corrected chi connectivity index (χ4v) is 2.32. The lowest BCUT2D eigenvalue weighted by Crippen LogP contribution is -2.07. The van der Waals surface area contributed by atoms with Gasteiger partial charge in [-0.3, -0.25) is 0 Å². The number of nitrogens with zero attached hydrogens (tertiary/aromatic N) is 1. The molecule has 1 saturated carbocycles. The van der Waals surface area contributed by atoms with Crippen LogP contribution in [0.5, 0.6) is 0 Å². The van der Waals surface area contributed by atoms with Gasteiger partial charge in [0.2, 0.25) is 5.89 Å². The summed E-state index contributed by atoms with van der Waals surface area (Å²) in [6.07, 6.45) is 4.20. The van der Waals surface area contributed by atoms with Crippen molar-refractivity contribution in [2.24, 2.45) is 0 Å². The van der Waals surface area contributed by atoms with Crippen LogP contribution >= 0.6 is 0 Å². The van der Waals surface area contributed by atoms with Gasteiger partial charge in [0.25, 0.3) is 0 Å². The number of hydrogen-bond donors (Lipinski definition) is 1. The first kappa shape index (κ1) is 10.5. The van der Waals surface area contributed by atoms with Crippen molar-refractivity contribution in [2.45, 2.75) is 24.8 Å². The zero-order valence-electron chi connectivity index (χ0n) is 9.94. The van der Waals surface area contributed by atoms with Crippen LogP contribution in [0.4, 0.5) is 0 Å². The summed E-state index contributed by atoms with van der Waals surface area (Å²) in [5.41, 5.74) is 1.44. The average Bonchev–Trinajstić information content (AvgIpc) is 3.06. The zero-order chi connectivity index (χ0) is 11.7. The summed E-state index contributed by atoms with van der Waals surface area (Å²) in [5.74, 6) is 1.78. The van der Waals surface area contributed by atoms with Crippen molar-refractivity contribution >= 4 is 0 Å². The lowest BCUT2D eigenvalue weighted by atomic mass is 9.94. The van der Waals surface area contributed by atoms with Crippen LogP contribution in [0.25, 0.3) is 0 Å². The van der Waals surface area contributed by atoms with E-state index in [1.165, 1.54) is 5.56 Å². The molecule has 1 heterocycles. The summed E-state index contributed by atoms with van der Waals surface area (Å²) in [5, 5.41) is 3.05. The van der Waals surface area contributed by atoms with E-state index in [1.54, 1.807) is 0 Å². The van der Waals surface area contributed by atoms with Gasteiger partial charge in [0, 0.05) is 0 Å². The molecule has 88 valence electrons. The topological polar surface area (TPSA) is 38.1 Å². The van der Waals surface area contributed by atoms with Crippen molar-refractivity contribution in [1.82, 2.24) is 10.3 Å². The smallest absolute Gasteiger partial charge is 0.208 e. The number of aromatic nitrogens is 1. The largest absolute Gasteiger partial charge is 0.443 e. The van der Waals surface area contributed by atoms with E-state index in [2.05, 4.69) is 34.6 Å². The molecule has 3 heteroatoms. The number of hydrogen-bond acceptors (Lipinski definition) is 3. The van der Waals surface area contributed by atoms with Crippen LogP contribution in [-0.2, 0) is 12.0 Å². The van der Waals surface area contributed by atoms with Crippen LogP contribution in [0.3, 0.4) is 0 Å². The third kappa shape index (κ3) is 1.76. The summed E-state index contributed by atoms with van der Waals surface area (Å²) in [6.45, 7) is 0.685. The summed E-state index contributed by atoms with van der Waals surface area (Å²) >= 11 is 0. The Balaban J connectivity index is 1.92. The Bertz CT molecular complexity index is 500. The molecule has 0 radical (unpaired) electrons. The molecule has 1 N–H and O–H groups in total. The summed E-state index contributed by atoms with van der Waals surface area (Å²) < 4.78 is 5.83. The van der Waals surface area contributed by atoms with Crippen molar-refractivity contribution in [3.63, 3.8) is 0 Å². The van der Waals surface area contributed by atoms with Crippen LogP contribution < -0.4 is 5.32 Å². The van der Waals surface area contributed by atoms with Crippen LogP contribution in [0.1, 0.15) is 30.1 Å². The Morgan fingerprint density at radius 3 is 2.71 bits per heavy atom. The van der Waals surface area contributed by atoms with E-state index in [-0.39, 0.29) is 5.41 Å². The lowest BCUT2D eigenvalue weighted by molar-refractivity contribution is 0.424. The molecule has 0 unspecified atom stereocenters. The fourth-order valence-electron chi connectivity index (χ4n) is 2.32. The molecular weight excluding hydrogens is 212 g/mol. The Hall–Kier alpha value is -1.61. The Morgan fingerprint density at radius 1 is 1.29 bits per heavy atom. The van der Waals surface area contributed by atoms with Gasteiger partial charge < -0.3 is 9.73 Å². The molecule has 1 aliphatic rings. The first-order valence-corrected chi connectivity index (χ1v) is 6.00. The van der Waals surface area contributed by atoms with Crippen molar-refractivity contribution in [3.8, 4) is 0 Å². The highest BCUT2D eigenvalue weighted by molar-refractivity contribution is 5.39. The average molecular weight is 228 g/mol. The van der Waals surface area contributed by atoms with Gasteiger partial charge in [-0.1, -0.05) is 30.3 Å². The molecule has 0 aliphatic heterocycles. The second kappa shape index (κ2) is 4.00. The van der Waals surface area contributed by atoms with Crippen molar-refractivity contribution in [3.05, 3.63) is 53.7 Å². The minimum atomic E-state index is 0.0975. The summed E-state index contributed by atoms with van der Waals surface area (Å²) in [4.78, 5) is 4.31. The quantitative estimate of drug-likeness (QED) is 0.873. The second-order valence-corrected chi connectivity index (χ2v) is 4.60. The maximum absolute atomic E-state index is 5.83. The monoisotopic (exact) mass is 228 g/mol. The minimum Gasteiger partial charge on any atom is -0.443 e. The van der Waals surface area contributed by atoms with Crippen molar-refractivity contribution < 1.29 is 4.42 Å². The fraction of sp³-hybridized carbons (Fsp3) is 0.357. The Morgan fingerprint density at radius 2 is 2.06 bits per heavy atom. The number of benzene rings is 1. The van der Waals surface area contributed by atoms with Gasteiger partial charge in [-0.05, 0) is 25.5 Å².